The van der Waals surface area contributed by atoms with Crippen molar-refractivity contribution in [3.8, 4) is 0 Å². The van der Waals surface area contributed by atoms with Gasteiger partial charge in [-0.3, -0.25) is 9.59 Å². The molecule has 2 rings (SSSR count). The fourth-order valence-corrected chi connectivity index (χ4v) is 3.00. The lowest BCUT2D eigenvalue weighted by atomic mass is 9.75. The van der Waals surface area contributed by atoms with E-state index in [0.717, 1.165) is 13.0 Å². The number of hydrogen-bond acceptors (Lipinski definition) is 4. The van der Waals surface area contributed by atoms with Gasteiger partial charge in [-0.25, -0.2) is 0 Å². The fourth-order valence-electron chi connectivity index (χ4n) is 3.00. The van der Waals surface area contributed by atoms with Crippen molar-refractivity contribution < 1.29 is 14.3 Å². The highest BCUT2D eigenvalue weighted by molar-refractivity contribution is 5.90. The van der Waals surface area contributed by atoms with Crippen molar-refractivity contribution >= 4 is 11.8 Å². The number of carbonyl (C=O) groups is 2. The summed E-state index contributed by atoms with van der Waals surface area (Å²) in [6.07, 6.45) is 0.812. The van der Waals surface area contributed by atoms with E-state index in [-0.39, 0.29) is 18.4 Å². The summed E-state index contributed by atoms with van der Waals surface area (Å²) in [5.74, 6) is -0.219. The largest absolute Gasteiger partial charge is 0.377 e. The number of rotatable bonds is 3. The Morgan fingerprint density at radius 3 is 2.74 bits per heavy atom. The van der Waals surface area contributed by atoms with Gasteiger partial charge >= 0.3 is 0 Å². The Labute approximate surface area is 113 Å². The van der Waals surface area contributed by atoms with Crippen LogP contribution in [0.25, 0.3) is 0 Å². The SMILES string of the molecule is CC(C)C1(C(=O)N2CCOCC2C(N)=O)CCNC1. The lowest BCUT2D eigenvalue weighted by Crippen LogP contribution is -2.59. The summed E-state index contributed by atoms with van der Waals surface area (Å²) in [4.78, 5) is 26.0. The lowest BCUT2D eigenvalue weighted by molar-refractivity contribution is -0.157. The van der Waals surface area contributed by atoms with E-state index in [9.17, 15) is 9.59 Å². The summed E-state index contributed by atoms with van der Waals surface area (Å²) in [6, 6.07) is -0.627. The third kappa shape index (κ3) is 2.47. The molecule has 0 saturated carbocycles. The molecule has 0 aliphatic carbocycles. The smallest absolute Gasteiger partial charge is 0.242 e. The molecule has 2 atom stereocenters. The maximum atomic E-state index is 12.9. The number of carbonyl (C=O) groups excluding carboxylic acids is 2. The second-order valence-corrected chi connectivity index (χ2v) is 5.73. The first kappa shape index (κ1) is 14.3. The van der Waals surface area contributed by atoms with Gasteiger partial charge in [0.15, 0.2) is 0 Å². The molecule has 2 aliphatic heterocycles. The molecule has 3 N–H and O–H groups in total. The van der Waals surface area contributed by atoms with Gasteiger partial charge in [0.1, 0.15) is 6.04 Å². The molecule has 2 aliphatic rings. The van der Waals surface area contributed by atoms with Gasteiger partial charge in [-0.1, -0.05) is 13.8 Å². The summed E-state index contributed by atoms with van der Waals surface area (Å²) >= 11 is 0. The lowest BCUT2D eigenvalue weighted by Gasteiger charge is -2.41. The predicted molar refractivity (Wildman–Crippen MR) is 70.3 cm³/mol. The molecule has 2 fully saturated rings. The Morgan fingerprint density at radius 1 is 1.47 bits per heavy atom. The van der Waals surface area contributed by atoms with Gasteiger partial charge in [0, 0.05) is 13.1 Å². The first-order valence-electron chi connectivity index (χ1n) is 6.88. The highest BCUT2D eigenvalue weighted by Crippen LogP contribution is 2.37. The topological polar surface area (TPSA) is 84.7 Å². The van der Waals surface area contributed by atoms with Crippen molar-refractivity contribution in [2.45, 2.75) is 26.3 Å². The van der Waals surface area contributed by atoms with E-state index in [1.54, 1.807) is 4.90 Å². The third-order valence-electron chi connectivity index (χ3n) is 4.44. The average Bonchev–Trinajstić information content (AvgIpc) is 2.88. The van der Waals surface area contributed by atoms with Crippen LogP contribution in [0.4, 0.5) is 0 Å². The first-order chi connectivity index (χ1) is 8.99. The molecule has 0 aromatic heterocycles. The minimum Gasteiger partial charge on any atom is -0.377 e. The van der Waals surface area contributed by atoms with E-state index in [0.29, 0.717) is 19.7 Å². The van der Waals surface area contributed by atoms with E-state index >= 15 is 0 Å². The molecule has 2 saturated heterocycles. The van der Waals surface area contributed by atoms with Crippen LogP contribution < -0.4 is 11.1 Å². The van der Waals surface area contributed by atoms with Crippen LogP contribution in [0.1, 0.15) is 20.3 Å². The molecule has 0 spiro atoms. The van der Waals surface area contributed by atoms with Crippen LogP contribution in [-0.2, 0) is 14.3 Å². The van der Waals surface area contributed by atoms with Gasteiger partial charge in [-0.05, 0) is 18.9 Å². The molecule has 2 unspecified atom stereocenters. The number of nitrogens with two attached hydrogens (primary N) is 1. The number of nitrogens with one attached hydrogen (secondary N) is 1. The molecule has 2 heterocycles. The van der Waals surface area contributed by atoms with E-state index in [2.05, 4.69) is 19.2 Å². The van der Waals surface area contributed by atoms with E-state index < -0.39 is 17.4 Å². The molecular formula is C13H23N3O3. The highest BCUT2D eigenvalue weighted by Gasteiger charge is 2.48. The Hall–Kier alpha value is -1.14. The first-order valence-corrected chi connectivity index (χ1v) is 6.88. The van der Waals surface area contributed by atoms with Crippen LogP contribution >= 0.6 is 0 Å². The normalized spacial score (nSPS) is 31.7. The van der Waals surface area contributed by atoms with Crippen molar-refractivity contribution in [3.05, 3.63) is 0 Å². The van der Waals surface area contributed by atoms with Gasteiger partial charge in [0.25, 0.3) is 0 Å². The zero-order chi connectivity index (χ0) is 14.0. The second kappa shape index (κ2) is 5.46. The number of primary amides is 1. The van der Waals surface area contributed by atoms with Gasteiger partial charge < -0.3 is 20.7 Å². The van der Waals surface area contributed by atoms with Crippen molar-refractivity contribution in [1.82, 2.24) is 10.2 Å². The third-order valence-corrected chi connectivity index (χ3v) is 4.44. The van der Waals surface area contributed by atoms with Crippen molar-refractivity contribution in [2.75, 3.05) is 32.8 Å². The standard InChI is InChI=1S/C13H23N3O3/c1-9(2)13(3-4-15-8-13)12(18)16-5-6-19-7-10(16)11(14)17/h9-10,15H,3-8H2,1-2H3,(H2,14,17). The van der Waals surface area contributed by atoms with Crippen LogP contribution in [0.2, 0.25) is 0 Å². The number of nitrogens with zero attached hydrogens (tertiary/aromatic N) is 1. The Kier molecular flexibility index (Phi) is 4.10. The van der Waals surface area contributed by atoms with Crippen molar-refractivity contribution in [3.63, 3.8) is 0 Å². The van der Waals surface area contributed by atoms with Gasteiger partial charge in [-0.2, -0.15) is 0 Å². The predicted octanol–water partition coefficient (Wildman–Crippen LogP) is -0.665. The quantitative estimate of drug-likeness (QED) is 0.712. The molecule has 6 nitrogen and oxygen atoms in total. The maximum Gasteiger partial charge on any atom is 0.242 e. The van der Waals surface area contributed by atoms with Gasteiger partial charge in [0.2, 0.25) is 11.8 Å². The highest BCUT2D eigenvalue weighted by atomic mass is 16.5. The second-order valence-electron chi connectivity index (χ2n) is 5.73. The average molecular weight is 269 g/mol. The van der Waals surface area contributed by atoms with Gasteiger partial charge in [0.05, 0.1) is 18.6 Å². The number of morpholine rings is 1. The van der Waals surface area contributed by atoms with Crippen molar-refractivity contribution in [2.24, 2.45) is 17.1 Å². The van der Waals surface area contributed by atoms with Crippen molar-refractivity contribution in [1.29, 1.82) is 0 Å². The molecule has 2 amide bonds. The van der Waals surface area contributed by atoms with Crippen LogP contribution in [0.3, 0.4) is 0 Å². The molecule has 0 aromatic rings. The van der Waals surface area contributed by atoms with Crippen LogP contribution in [-0.4, -0.2) is 55.6 Å². The summed E-state index contributed by atoms with van der Waals surface area (Å²) in [5.41, 5.74) is 4.97. The fraction of sp³-hybridized carbons (Fsp3) is 0.846. The van der Waals surface area contributed by atoms with E-state index in [4.69, 9.17) is 10.5 Å². The Balaban J connectivity index is 2.23. The minimum absolute atomic E-state index is 0.0413. The van der Waals surface area contributed by atoms with E-state index in [1.165, 1.54) is 0 Å². The van der Waals surface area contributed by atoms with Crippen LogP contribution in [0.15, 0.2) is 0 Å². The summed E-state index contributed by atoms with van der Waals surface area (Å²) in [6.45, 7) is 6.76. The zero-order valence-electron chi connectivity index (χ0n) is 11.6. The number of ether oxygens (including phenoxy) is 1. The zero-order valence-corrected chi connectivity index (χ0v) is 11.6. The minimum atomic E-state index is -0.627. The van der Waals surface area contributed by atoms with Crippen LogP contribution in [0.5, 0.6) is 0 Å². The van der Waals surface area contributed by atoms with E-state index in [1.807, 2.05) is 0 Å². The summed E-state index contributed by atoms with van der Waals surface area (Å²) in [5, 5.41) is 3.26. The molecule has 19 heavy (non-hydrogen) atoms. The summed E-state index contributed by atoms with van der Waals surface area (Å²) in [7, 11) is 0. The van der Waals surface area contributed by atoms with Gasteiger partial charge in [-0.15, -0.1) is 0 Å². The summed E-state index contributed by atoms with van der Waals surface area (Å²) < 4.78 is 5.27. The molecule has 108 valence electrons. The molecule has 0 bridgehead atoms. The molecular weight excluding hydrogens is 246 g/mol. The molecule has 0 aromatic carbocycles. The van der Waals surface area contributed by atoms with Crippen LogP contribution in [0, 0.1) is 11.3 Å². The molecule has 0 radical (unpaired) electrons. The monoisotopic (exact) mass is 269 g/mol. The Bertz CT molecular complexity index is 364. The molecule has 6 heteroatoms. The maximum absolute atomic E-state index is 12.9. The number of amides is 2. The number of hydrogen-bond donors (Lipinski definition) is 2. The Morgan fingerprint density at radius 2 is 2.21 bits per heavy atom.